The van der Waals surface area contributed by atoms with Gasteiger partial charge in [-0.05, 0) is 153 Å². The van der Waals surface area contributed by atoms with Crippen molar-refractivity contribution >= 4 is 68.4 Å². The van der Waals surface area contributed by atoms with Crippen LogP contribution in [0.3, 0.4) is 0 Å². The van der Waals surface area contributed by atoms with Crippen molar-refractivity contribution in [2.24, 2.45) is 0 Å². The summed E-state index contributed by atoms with van der Waals surface area (Å²) in [5.74, 6) is -0.240. The van der Waals surface area contributed by atoms with Crippen LogP contribution in [0.25, 0.3) is 11.0 Å². The van der Waals surface area contributed by atoms with E-state index in [4.69, 9.17) is 4.42 Å². The van der Waals surface area contributed by atoms with E-state index in [2.05, 4.69) is 167 Å². The Hall–Kier alpha value is -4.77. The first kappa shape index (κ1) is 38.4. The maximum absolute atomic E-state index is 17.1. The van der Waals surface area contributed by atoms with Crippen LogP contribution in [0.15, 0.2) is 83.3 Å². The van der Waals surface area contributed by atoms with Crippen LogP contribution in [0.5, 0.6) is 0 Å². The molecule has 4 aliphatic rings. The number of rotatable bonds is 2. The first-order valence-electron chi connectivity index (χ1n) is 22.0. The molecular formula is C54H60BFN2O. The molecule has 0 amide bonds. The maximum Gasteiger partial charge on any atom is 0.297 e. The number of fused-ring (bicyclic) bond motifs is 9. The second-order valence-corrected chi connectivity index (χ2v) is 22.2. The highest BCUT2D eigenvalue weighted by molar-refractivity contribution is 7.00. The van der Waals surface area contributed by atoms with Crippen molar-refractivity contribution in [3.8, 4) is 0 Å². The van der Waals surface area contributed by atoms with Crippen LogP contribution in [-0.4, -0.2) is 6.71 Å². The Morgan fingerprint density at radius 2 is 1.24 bits per heavy atom. The van der Waals surface area contributed by atoms with Crippen LogP contribution in [0.2, 0.25) is 0 Å². The summed E-state index contributed by atoms with van der Waals surface area (Å²) in [6.07, 6.45) is 4.46. The van der Waals surface area contributed by atoms with Gasteiger partial charge in [-0.15, -0.1) is 0 Å². The van der Waals surface area contributed by atoms with E-state index in [9.17, 15) is 0 Å². The SMILES string of the molecule is Cc1ccc2oc3c(c2c1)N(c1ccc(C(C)(C)C)cc1C)c1cc(F)cc2c1B3c1ccc3c(c1N2c1ccc2c(c1)C(C)(C)CCC2(C)C)C(C)(C)CCC3(C)C. The summed E-state index contributed by atoms with van der Waals surface area (Å²) in [6, 6.07) is 28.9. The summed E-state index contributed by atoms with van der Waals surface area (Å²) in [7, 11) is 0. The molecule has 10 rings (SSSR count). The van der Waals surface area contributed by atoms with Gasteiger partial charge in [-0.3, -0.25) is 0 Å². The zero-order chi connectivity index (χ0) is 41.9. The molecule has 5 heteroatoms. The van der Waals surface area contributed by atoms with Gasteiger partial charge in [0.1, 0.15) is 11.4 Å². The van der Waals surface area contributed by atoms with Gasteiger partial charge in [-0.2, -0.15) is 0 Å². The minimum atomic E-state index is -0.240. The van der Waals surface area contributed by atoms with Gasteiger partial charge in [0, 0.05) is 33.8 Å². The summed E-state index contributed by atoms with van der Waals surface area (Å²) >= 11 is 0. The summed E-state index contributed by atoms with van der Waals surface area (Å²) in [5, 5.41) is 1.05. The standard InChI is InChI=1S/C54H60BFN2O/c1-31-14-21-44-36(26-31)47-49(59-44)55-40-19-18-38-45(54(12,13)25-24-52(38,8)9)48(40)57(35-16-17-37-39(30-35)53(10,11)23-22-51(37,6)7)42-28-34(56)29-43(46(42)55)58(47)41-20-15-33(27-32(41)2)50(3,4)5/h14-21,26-30H,22-25H2,1-13H3. The van der Waals surface area contributed by atoms with E-state index < -0.39 is 0 Å². The molecule has 0 radical (unpaired) electrons. The number of benzene rings is 5. The Bertz CT molecular complexity index is 2780. The molecule has 0 spiro atoms. The summed E-state index contributed by atoms with van der Waals surface area (Å²) in [5.41, 5.74) is 19.3. The molecule has 1 aromatic heterocycles. The van der Waals surface area contributed by atoms with Gasteiger partial charge in [-0.25, -0.2) is 4.39 Å². The number of furan rings is 1. The number of hydrogen-bond acceptors (Lipinski definition) is 3. The Labute approximate surface area is 352 Å². The number of hydrogen-bond donors (Lipinski definition) is 0. The van der Waals surface area contributed by atoms with Crippen molar-refractivity contribution < 1.29 is 8.81 Å². The monoisotopic (exact) mass is 782 g/mol. The first-order valence-corrected chi connectivity index (χ1v) is 22.0. The molecule has 0 atom stereocenters. The van der Waals surface area contributed by atoms with Gasteiger partial charge in [-0.1, -0.05) is 118 Å². The van der Waals surface area contributed by atoms with Gasteiger partial charge < -0.3 is 14.2 Å². The zero-order valence-electron chi connectivity index (χ0n) is 37.6. The fourth-order valence-electron chi connectivity index (χ4n) is 11.4. The number of anilines is 6. The number of halogens is 1. The van der Waals surface area contributed by atoms with Gasteiger partial charge in [0.25, 0.3) is 6.71 Å². The van der Waals surface area contributed by atoms with Crippen molar-refractivity contribution in [1.29, 1.82) is 0 Å². The Morgan fingerprint density at radius 3 is 1.92 bits per heavy atom. The van der Waals surface area contributed by atoms with Gasteiger partial charge in [0.05, 0.1) is 11.3 Å². The van der Waals surface area contributed by atoms with Crippen LogP contribution < -0.4 is 26.4 Å². The molecule has 2 aliphatic heterocycles. The average Bonchev–Trinajstić information content (AvgIpc) is 3.53. The molecule has 3 nitrogen and oxygen atoms in total. The molecule has 2 aliphatic carbocycles. The summed E-state index contributed by atoms with van der Waals surface area (Å²) < 4.78 is 24.3. The second-order valence-electron chi connectivity index (χ2n) is 22.2. The lowest BCUT2D eigenvalue weighted by Gasteiger charge is -2.49. The van der Waals surface area contributed by atoms with Crippen molar-refractivity contribution in [1.82, 2.24) is 0 Å². The Kier molecular flexibility index (Phi) is 7.93. The van der Waals surface area contributed by atoms with Gasteiger partial charge in [0.15, 0.2) is 0 Å². The van der Waals surface area contributed by atoms with Gasteiger partial charge >= 0.3 is 0 Å². The molecule has 6 aromatic rings. The molecule has 0 fully saturated rings. The quantitative estimate of drug-likeness (QED) is 0.163. The van der Waals surface area contributed by atoms with Crippen LogP contribution in [0, 0.1) is 19.7 Å². The van der Waals surface area contributed by atoms with Crippen LogP contribution in [-0.2, 0) is 27.1 Å². The highest BCUT2D eigenvalue weighted by Gasteiger charge is 2.51. The van der Waals surface area contributed by atoms with E-state index in [0.717, 1.165) is 81.8 Å². The van der Waals surface area contributed by atoms with Crippen molar-refractivity contribution in [3.05, 3.63) is 124 Å². The lowest BCUT2D eigenvalue weighted by molar-refractivity contribution is 0.331. The molecule has 3 heterocycles. The van der Waals surface area contributed by atoms with E-state index in [1.165, 1.54) is 44.5 Å². The lowest BCUT2D eigenvalue weighted by Crippen LogP contribution is -2.61. The number of nitrogens with zero attached hydrogens (tertiary/aromatic N) is 2. The van der Waals surface area contributed by atoms with E-state index in [-0.39, 0.29) is 39.6 Å². The topological polar surface area (TPSA) is 19.6 Å². The lowest BCUT2D eigenvalue weighted by atomic mass is 9.35. The third-order valence-electron chi connectivity index (χ3n) is 15.1. The zero-order valence-corrected chi connectivity index (χ0v) is 37.6. The normalized spacial score (nSPS) is 19.2. The second kappa shape index (κ2) is 12.2. The van der Waals surface area contributed by atoms with E-state index in [1.807, 2.05) is 6.07 Å². The Morgan fingerprint density at radius 1 is 0.610 bits per heavy atom. The minimum Gasteiger partial charge on any atom is -0.468 e. The molecule has 0 bridgehead atoms. The van der Waals surface area contributed by atoms with Crippen molar-refractivity contribution in [3.63, 3.8) is 0 Å². The van der Waals surface area contributed by atoms with Gasteiger partial charge in [0.2, 0.25) is 0 Å². The predicted molar refractivity (Wildman–Crippen MR) is 249 cm³/mol. The number of aryl methyl sites for hydroxylation is 2. The molecule has 0 saturated heterocycles. The fraction of sp³-hybridized carbons (Fsp3) is 0.407. The molecule has 0 unspecified atom stereocenters. The summed E-state index contributed by atoms with van der Waals surface area (Å²) in [4.78, 5) is 4.80. The molecule has 0 saturated carbocycles. The molecule has 59 heavy (non-hydrogen) atoms. The van der Waals surface area contributed by atoms with Crippen molar-refractivity contribution in [2.75, 3.05) is 9.80 Å². The molecule has 0 N–H and O–H groups in total. The highest BCUT2D eigenvalue weighted by Crippen LogP contribution is 2.55. The van der Waals surface area contributed by atoms with Crippen LogP contribution >= 0.6 is 0 Å². The molecule has 302 valence electrons. The van der Waals surface area contributed by atoms with Crippen molar-refractivity contribution in [2.45, 2.75) is 143 Å². The first-order chi connectivity index (χ1) is 27.6. The molecule has 5 aromatic carbocycles. The molecular weight excluding hydrogens is 722 g/mol. The van der Waals surface area contributed by atoms with E-state index in [0.29, 0.717) is 0 Å². The maximum atomic E-state index is 17.1. The highest BCUT2D eigenvalue weighted by atomic mass is 19.1. The average molecular weight is 783 g/mol. The Balaban J connectivity index is 1.35. The summed E-state index contributed by atoms with van der Waals surface area (Å²) in [6.45, 7) is 30.1. The minimum absolute atomic E-state index is 0.00953. The third-order valence-corrected chi connectivity index (χ3v) is 15.1. The smallest absolute Gasteiger partial charge is 0.297 e. The van der Waals surface area contributed by atoms with E-state index >= 15 is 4.39 Å². The third kappa shape index (κ3) is 5.51. The van der Waals surface area contributed by atoms with Crippen LogP contribution in [0.4, 0.5) is 38.5 Å². The fourth-order valence-corrected chi connectivity index (χ4v) is 11.4. The predicted octanol–water partition coefficient (Wildman–Crippen LogP) is 13.3. The van der Waals surface area contributed by atoms with E-state index in [1.54, 1.807) is 6.07 Å². The largest absolute Gasteiger partial charge is 0.468 e. The van der Waals surface area contributed by atoms with Crippen LogP contribution in [0.1, 0.15) is 141 Å².